The molecule has 0 aliphatic carbocycles. The normalized spacial score (nSPS) is 11.8. The molecule has 0 saturated heterocycles. The standard InChI is InChI=1S/C13H19NO5/c1-4-19-12-5-8(9(14)6-13(15)16)10(17-2)7-11(12)18-3/h5,7,9H,4,6,14H2,1-3H3,(H,15,16). The van der Waals surface area contributed by atoms with Crippen LogP contribution in [-0.4, -0.2) is 31.9 Å². The Kier molecular flexibility index (Phi) is 5.44. The number of carboxylic acid groups (broad SMARTS) is 1. The second-order valence-electron chi connectivity index (χ2n) is 3.88. The lowest BCUT2D eigenvalue weighted by Crippen LogP contribution is -2.16. The number of aliphatic carboxylic acids is 1. The first-order valence-electron chi connectivity index (χ1n) is 5.89. The Morgan fingerprint density at radius 2 is 1.89 bits per heavy atom. The SMILES string of the molecule is CCOc1cc(C(N)CC(=O)O)c(OC)cc1OC. The lowest BCUT2D eigenvalue weighted by molar-refractivity contribution is -0.137. The van der Waals surface area contributed by atoms with Crippen LogP contribution in [-0.2, 0) is 4.79 Å². The van der Waals surface area contributed by atoms with Gasteiger partial charge < -0.3 is 25.1 Å². The molecule has 0 heterocycles. The lowest BCUT2D eigenvalue weighted by atomic mass is 10.0. The Bertz CT molecular complexity index is 447. The fraction of sp³-hybridized carbons (Fsp3) is 0.462. The van der Waals surface area contributed by atoms with Crippen molar-refractivity contribution in [1.29, 1.82) is 0 Å². The van der Waals surface area contributed by atoms with Gasteiger partial charge in [-0.15, -0.1) is 0 Å². The smallest absolute Gasteiger partial charge is 0.305 e. The minimum absolute atomic E-state index is 0.186. The number of nitrogens with two attached hydrogens (primary N) is 1. The second kappa shape index (κ2) is 6.84. The second-order valence-corrected chi connectivity index (χ2v) is 3.88. The third-order valence-electron chi connectivity index (χ3n) is 2.61. The predicted molar refractivity (Wildman–Crippen MR) is 69.9 cm³/mol. The maximum atomic E-state index is 10.7. The predicted octanol–water partition coefficient (Wildman–Crippen LogP) is 1.58. The quantitative estimate of drug-likeness (QED) is 0.781. The fourth-order valence-corrected chi connectivity index (χ4v) is 1.75. The molecular formula is C13H19NO5. The number of hydrogen-bond donors (Lipinski definition) is 2. The molecule has 0 radical (unpaired) electrons. The Morgan fingerprint density at radius 3 is 2.37 bits per heavy atom. The van der Waals surface area contributed by atoms with Crippen molar-refractivity contribution in [2.24, 2.45) is 5.73 Å². The van der Waals surface area contributed by atoms with Gasteiger partial charge in [-0.25, -0.2) is 0 Å². The van der Waals surface area contributed by atoms with Gasteiger partial charge in [0, 0.05) is 17.7 Å². The highest BCUT2D eigenvalue weighted by molar-refractivity contribution is 5.68. The first-order valence-corrected chi connectivity index (χ1v) is 5.89. The third kappa shape index (κ3) is 3.75. The van der Waals surface area contributed by atoms with Crippen LogP contribution in [0.25, 0.3) is 0 Å². The summed E-state index contributed by atoms with van der Waals surface area (Å²) in [5.74, 6) is 0.545. The largest absolute Gasteiger partial charge is 0.496 e. The Balaban J connectivity index is 3.20. The summed E-state index contributed by atoms with van der Waals surface area (Å²) in [5, 5.41) is 8.81. The van der Waals surface area contributed by atoms with E-state index < -0.39 is 12.0 Å². The van der Waals surface area contributed by atoms with E-state index >= 15 is 0 Å². The van der Waals surface area contributed by atoms with Crippen molar-refractivity contribution in [3.8, 4) is 17.2 Å². The van der Waals surface area contributed by atoms with Gasteiger partial charge in [-0.1, -0.05) is 0 Å². The van der Waals surface area contributed by atoms with Gasteiger partial charge in [0.1, 0.15) is 5.75 Å². The molecule has 0 fully saturated rings. The average molecular weight is 269 g/mol. The summed E-state index contributed by atoms with van der Waals surface area (Å²) in [4.78, 5) is 10.7. The topological polar surface area (TPSA) is 91.0 Å². The highest BCUT2D eigenvalue weighted by atomic mass is 16.5. The maximum Gasteiger partial charge on any atom is 0.305 e. The van der Waals surface area contributed by atoms with Crippen molar-refractivity contribution in [1.82, 2.24) is 0 Å². The van der Waals surface area contributed by atoms with Gasteiger partial charge in [0.25, 0.3) is 0 Å². The molecule has 6 nitrogen and oxygen atoms in total. The number of carbonyl (C=O) groups is 1. The highest BCUT2D eigenvalue weighted by Gasteiger charge is 2.19. The number of methoxy groups -OCH3 is 2. The van der Waals surface area contributed by atoms with E-state index in [2.05, 4.69) is 0 Å². The molecule has 3 N–H and O–H groups in total. The van der Waals surface area contributed by atoms with Crippen LogP contribution in [0.15, 0.2) is 12.1 Å². The van der Waals surface area contributed by atoms with Gasteiger partial charge in [-0.3, -0.25) is 4.79 Å². The molecule has 0 aliphatic heterocycles. The van der Waals surface area contributed by atoms with Crippen LogP contribution in [0, 0.1) is 0 Å². The number of carboxylic acids is 1. The van der Waals surface area contributed by atoms with Crippen LogP contribution in [0.1, 0.15) is 24.9 Å². The van der Waals surface area contributed by atoms with Gasteiger partial charge in [-0.05, 0) is 13.0 Å². The number of benzene rings is 1. The van der Waals surface area contributed by atoms with Crippen molar-refractivity contribution in [3.05, 3.63) is 17.7 Å². The molecule has 0 bridgehead atoms. The molecule has 1 unspecified atom stereocenters. The molecule has 6 heteroatoms. The Morgan fingerprint density at radius 1 is 1.26 bits per heavy atom. The minimum Gasteiger partial charge on any atom is -0.496 e. The zero-order valence-corrected chi connectivity index (χ0v) is 11.3. The number of rotatable bonds is 7. The number of hydrogen-bond acceptors (Lipinski definition) is 5. The third-order valence-corrected chi connectivity index (χ3v) is 2.61. The Hall–Kier alpha value is -1.95. The van der Waals surface area contributed by atoms with E-state index in [1.54, 1.807) is 12.1 Å². The van der Waals surface area contributed by atoms with Crippen LogP contribution < -0.4 is 19.9 Å². The number of ether oxygens (including phenoxy) is 3. The van der Waals surface area contributed by atoms with Crippen molar-refractivity contribution >= 4 is 5.97 Å². The summed E-state index contributed by atoms with van der Waals surface area (Å²) in [6.45, 7) is 2.32. The molecule has 1 atom stereocenters. The average Bonchev–Trinajstić information content (AvgIpc) is 2.37. The maximum absolute atomic E-state index is 10.7. The van der Waals surface area contributed by atoms with Gasteiger partial charge in [0.2, 0.25) is 0 Å². The van der Waals surface area contributed by atoms with Crippen molar-refractivity contribution in [2.75, 3.05) is 20.8 Å². The van der Waals surface area contributed by atoms with Gasteiger partial charge in [0.05, 0.1) is 27.2 Å². The summed E-state index contributed by atoms with van der Waals surface area (Å²) in [5.41, 5.74) is 6.45. The molecule has 0 aliphatic rings. The van der Waals surface area contributed by atoms with Crippen molar-refractivity contribution in [2.45, 2.75) is 19.4 Å². The van der Waals surface area contributed by atoms with Crippen LogP contribution in [0.2, 0.25) is 0 Å². The monoisotopic (exact) mass is 269 g/mol. The van der Waals surface area contributed by atoms with Crippen LogP contribution >= 0.6 is 0 Å². The molecule has 1 aromatic carbocycles. The van der Waals surface area contributed by atoms with Crippen molar-refractivity contribution in [3.63, 3.8) is 0 Å². The van der Waals surface area contributed by atoms with E-state index in [1.807, 2.05) is 6.92 Å². The Labute approximate surface area is 112 Å². The summed E-state index contributed by atoms with van der Waals surface area (Å²) in [6, 6.07) is 2.63. The summed E-state index contributed by atoms with van der Waals surface area (Å²) in [6.07, 6.45) is -0.186. The van der Waals surface area contributed by atoms with E-state index in [9.17, 15) is 4.79 Å². The van der Waals surface area contributed by atoms with Crippen LogP contribution in [0.5, 0.6) is 17.2 Å². The van der Waals surface area contributed by atoms with E-state index in [0.29, 0.717) is 29.4 Å². The van der Waals surface area contributed by atoms with Gasteiger partial charge >= 0.3 is 5.97 Å². The van der Waals surface area contributed by atoms with Gasteiger partial charge in [0.15, 0.2) is 11.5 Å². The zero-order valence-electron chi connectivity index (χ0n) is 11.3. The van der Waals surface area contributed by atoms with E-state index in [-0.39, 0.29) is 6.42 Å². The van der Waals surface area contributed by atoms with Crippen LogP contribution in [0.4, 0.5) is 0 Å². The molecule has 0 saturated carbocycles. The highest BCUT2D eigenvalue weighted by Crippen LogP contribution is 2.37. The summed E-state index contributed by atoms with van der Waals surface area (Å²) in [7, 11) is 3.01. The zero-order chi connectivity index (χ0) is 14.4. The molecule has 0 spiro atoms. The molecule has 19 heavy (non-hydrogen) atoms. The molecule has 1 rings (SSSR count). The molecular weight excluding hydrogens is 250 g/mol. The van der Waals surface area contributed by atoms with E-state index in [4.69, 9.17) is 25.1 Å². The lowest BCUT2D eigenvalue weighted by Gasteiger charge is -2.18. The molecule has 106 valence electrons. The summed E-state index contributed by atoms with van der Waals surface area (Å²) < 4.78 is 15.8. The molecule has 0 aromatic heterocycles. The molecule has 1 aromatic rings. The van der Waals surface area contributed by atoms with E-state index in [0.717, 1.165) is 0 Å². The van der Waals surface area contributed by atoms with E-state index in [1.165, 1.54) is 14.2 Å². The first-order chi connectivity index (χ1) is 9.03. The van der Waals surface area contributed by atoms with Gasteiger partial charge in [-0.2, -0.15) is 0 Å². The first kappa shape index (κ1) is 15.1. The summed E-state index contributed by atoms with van der Waals surface area (Å²) >= 11 is 0. The van der Waals surface area contributed by atoms with Crippen LogP contribution in [0.3, 0.4) is 0 Å². The van der Waals surface area contributed by atoms with Crippen molar-refractivity contribution < 1.29 is 24.1 Å². The minimum atomic E-state index is -0.969. The molecule has 0 amide bonds. The fourth-order valence-electron chi connectivity index (χ4n) is 1.75.